The van der Waals surface area contributed by atoms with Gasteiger partial charge in [-0.15, -0.1) is 0 Å². The monoisotopic (exact) mass is 403 g/mol. The van der Waals surface area contributed by atoms with E-state index in [4.69, 9.17) is 9.47 Å². The molecule has 0 unspecified atom stereocenters. The van der Waals surface area contributed by atoms with Crippen molar-refractivity contribution in [3.63, 3.8) is 0 Å². The first-order valence-electron chi connectivity index (χ1n) is 10.5. The summed E-state index contributed by atoms with van der Waals surface area (Å²) in [5, 5.41) is 0. The van der Waals surface area contributed by atoms with Crippen LogP contribution in [0, 0.1) is 0 Å². The molecule has 0 atom stereocenters. The number of likely N-dealkylation sites (tertiary alicyclic amines) is 1. The molecule has 0 N–H and O–H groups in total. The van der Waals surface area contributed by atoms with E-state index in [2.05, 4.69) is 11.0 Å². The first kappa shape index (κ1) is 21.3. The predicted molar refractivity (Wildman–Crippen MR) is 112 cm³/mol. The standard InChI is InChI=1S/C22H33N3O4/c1-17(26)23-11-9-18(10-12-23)28-20-8-6-5-7-19(20)24-13-15-25(16-14-24)21(27)29-22(2,3)4/h5-8,18H,9-16H2,1-4H3. The van der Waals surface area contributed by atoms with E-state index in [9.17, 15) is 9.59 Å². The SMILES string of the molecule is CC(=O)N1CCC(Oc2ccccc2N2CCN(C(=O)OC(C)(C)C)CC2)CC1. The Balaban J connectivity index is 1.57. The minimum absolute atomic E-state index is 0.120. The Morgan fingerprint density at radius 2 is 1.55 bits per heavy atom. The van der Waals surface area contributed by atoms with Gasteiger partial charge in [0.25, 0.3) is 0 Å². The summed E-state index contributed by atoms with van der Waals surface area (Å²) in [6.45, 7) is 11.5. The van der Waals surface area contributed by atoms with Gasteiger partial charge in [-0.05, 0) is 32.9 Å². The third kappa shape index (κ3) is 5.78. The highest BCUT2D eigenvalue weighted by Crippen LogP contribution is 2.31. The molecule has 0 saturated carbocycles. The number of anilines is 1. The molecule has 7 heteroatoms. The second kappa shape index (κ2) is 8.93. The van der Waals surface area contributed by atoms with Gasteiger partial charge in [0.15, 0.2) is 0 Å². The molecule has 29 heavy (non-hydrogen) atoms. The minimum atomic E-state index is -0.480. The molecule has 2 fully saturated rings. The van der Waals surface area contributed by atoms with Crippen LogP contribution in [0.4, 0.5) is 10.5 Å². The number of piperidine rings is 1. The van der Waals surface area contributed by atoms with Gasteiger partial charge in [0, 0.05) is 59.0 Å². The van der Waals surface area contributed by atoms with Crippen LogP contribution in [0.15, 0.2) is 24.3 Å². The van der Waals surface area contributed by atoms with Gasteiger partial charge >= 0.3 is 6.09 Å². The highest BCUT2D eigenvalue weighted by atomic mass is 16.6. The maximum atomic E-state index is 12.3. The molecule has 0 aliphatic carbocycles. The molecule has 2 saturated heterocycles. The van der Waals surface area contributed by atoms with Gasteiger partial charge in [-0.2, -0.15) is 0 Å². The van der Waals surface area contributed by atoms with Crippen molar-refractivity contribution < 1.29 is 19.1 Å². The van der Waals surface area contributed by atoms with Gasteiger partial charge in [0.2, 0.25) is 5.91 Å². The van der Waals surface area contributed by atoms with Gasteiger partial charge < -0.3 is 24.2 Å². The molecular weight excluding hydrogens is 370 g/mol. The number of benzene rings is 1. The molecule has 3 rings (SSSR count). The number of nitrogens with zero attached hydrogens (tertiary/aromatic N) is 3. The molecule has 0 bridgehead atoms. The van der Waals surface area contributed by atoms with Crippen molar-refractivity contribution >= 4 is 17.7 Å². The fourth-order valence-electron chi connectivity index (χ4n) is 3.74. The summed E-state index contributed by atoms with van der Waals surface area (Å²) in [5.74, 6) is 1.01. The Kier molecular flexibility index (Phi) is 6.55. The molecule has 2 amide bonds. The number of carbonyl (C=O) groups is 2. The molecule has 2 aliphatic rings. The van der Waals surface area contributed by atoms with Crippen molar-refractivity contribution in [2.75, 3.05) is 44.2 Å². The number of hydrogen-bond acceptors (Lipinski definition) is 5. The molecule has 7 nitrogen and oxygen atoms in total. The van der Waals surface area contributed by atoms with Crippen LogP contribution in [-0.2, 0) is 9.53 Å². The number of carbonyl (C=O) groups excluding carboxylic acids is 2. The van der Waals surface area contributed by atoms with Crippen LogP contribution in [0.25, 0.3) is 0 Å². The summed E-state index contributed by atoms with van der Waals surface area (Å²) in [6.07, 6.45) is 1.56. The van der Waals surface area contributed by atoms with Crippen LogP contribution in [0.1, 0.15) is 40.5 Å². The zero-order chi connectivity index (χ0) is 21.0. The maximum Gasteiger partial charge on any atom is 0.410 e. The molecule has 2 heterocycles. The number of piperazine rings is 1. The Bertz CT molecular complexity index is 715. The second-order valence-electron chi connectivity index (χ2n) is 8.75. The first-order valence-corrected chi connectivity index (χ1v) is 10.5. The fraction of sp³-hybridized carbons (Fsp3) is 0.636. The lowest BCUT2D eigenvalue weighted by molar-refractivity contribution is -0.130. The number of hydrogen-bond donors (Lipinski definition) is 0. The first-order chi connectivity index (χ1) is 13.7. The summed E-state index contributed by atoms with van der Waals surface area (Å²) in [6, 6.07) is 8.08. The lowest BCUT2D eigenvalue weighted by Crippen LogP contribution is -2.50. The highest BCUT2D eigenvalue weighted by molar-refractivity contribution is 5.73. The van der Waals surface area contributed by atoms with E-state index in [0.29, 0.717) is 13.1 Å². The van der Waals surface area contributed by atoms with Crippen LogP contribution in [0.2, 0.25) is 0 Å². The molecule has 0 radical (unpaired) electrons. The summed E-state index contributed by atoms with van der Waals surface area (Å²) < 4.78 is 11.8. The minimum Gasteiger partial charge on any atom is -0.488 e. The lowest BCUT2D eigenvalue weighted by Gasteiger charge is -2.38. The average Bonchev–Trinajstić information content (AvgIpc) is 2.68. The maximum absolute atomic E-state index is 12.3. The molecule has 0 spiro atoms. The van der Waals surface area contributed by atoms with Crippen LogP contribution in [0.5, 0.6) is 5.75 Å². The van der Waals surface area contributed by atoms with Crippen LogP contribution >= 0.6 is 0 Å². The van der Waals surface area contributed by atoms with E-state index >= 15 is 0 Å². The number of ether oxygens (including phenoxy) is 2. The van der Waals surface area contributed by atoms with Gasteiger partial charge in [-0.1, -0.05) is 12.1 Å². The largest absolute Gasteiger partial charge is 0.488 e. The van der Waals surface area contributed by atoms with E-state index in [1.54, 1.807) is 11.8 Å². The molecule has 160 valence electrons. The van der Waals surface area contributed by atoms with Gasteiger partial charge in [0.05, 0.1) is 5.69 Å². The Labute approximate surface area is 173 Å². The van der Waals surface area contributed by atoms with E-state index in [1.165, 1.54) is 0 Å². The van der Waals surface area contributed by atoms with E-state index < -0.39 is 5.60 Å². The van der Waals surface area contributed by atoms with Gasteiger partial charge in [-0.25, -0.2) is 4.79 Å². The normalized spacial score (nSPS) is 18.6. The van der Waals surface area contributed by atoms with E-state index in [1.807, 2.05) is 43.9 Å². The summed E-state index contributed by atoms with van der Waals surface area (Å²) >= 11 is 0. The summed E-state index contributed by atoms with van der Waals surface area (Å²) in [7, 11) is 0. The van der Waals surface area contributed by atoms with Crippen molar-refractivity contribution in [3.8, 4) is 5.75 Å². The second-order valence-corrected chi connectivity index (χ2v) is 8.75. The molecule has 2 aliphatic heterocycles. The van der Waals surface area contributed by atoms with Gasteiger partial charge in [-0.3, -0.25) is 4.79 Å². The van der Waals surface area contributed by atoms with Crippen LogP contribution in [-0.4, -0.2) is 72.8 Å². The Hall–Kier alpha value is -2.44. The molecule has 1 aromatic rings. The zero-order valence-electron chi connectivity index (χ0n) is 18.0. The van der Waals surface area contributed by atoms with Crippen molar-refractivity contribution in [1.82, 2.24) is 9.80 Å². The van der Waals surface area contributed by atoms with Crippen molar-refractivity contribution in [1.29, 1.82) is 0 Å². The van der Waals surface area contributed by atoms with Crippen molar-refractivity contribution in [2.45, 2.75) is 52.2 Å². The van der Waals surface area contributed by atoms with Crippen LogP contribution in [0.3, 0.4) is 0 Å². The highest BCUT2D eigenvalue weighted by Gasteiger charge is 2.28. The Morgan fingerprint density at radius 1 is 0.931 bits per heavy atom. The predicted octanol–water partition coefficient (Wildman–Crippen LogP) is 3.13. The van der Waals surface area contributed by atoms with Crippen molar-refractivity contribution in [3.05, 3.63) is 24.3 Å². The number of rotatable bonds is 3. The smallest absolute Gasteiger partial charge is 0.410 e. The average molecular weight is 404 g/mol. The summed E-state index contributed by atoms with van der Waals surface area (Å²) in [4.78, 5) is 29.7. The van der Waals surface area contributed by atoms with E-state index in [-0.39, 0.29) is 18.1 Å². The lowest BCUT2D eigenvalue weighted by atomic mass is 10.1. The third-order valence-corrected chi connectivity index (χ3v) is 5.32. The fourth-order valence-corrected chi connectivity index (χ4v) is 3.74. The third-order valence-electron chi connectivity index (χ3n) is 5.32. The quantitative estimate of drug-likeness (QED) is 0.776. The molecule has 1 aromatic carbocycles. The zero-order valence-corrected chi connectivity index (χ0v) is 18.0. The number of amides is 2. The Morgan fingerprint density at radius 3 is 2.14 bits per heavy atom. The topological polar surface area (TPSA) is 62.3 Å². The van der Waals surface area contributed by atoms with E-state index in [0.717, 1.165) is 50.5 Å². The molecular formula is C22H33N3O4. The molecule has 0 aromatic heterocycles. The summed E-state index contributed by atoms with van der Waals surface area (Å²) in [5.41, 5.74) is 0.581. The van der Waals surface area contributed by atoms with Crippen molar-refractivity contribution in [2.24, 2.45) is 0 Å². The van der Waals surface area contributed by atoms with Gasteiger partial charge in [0.1, 0.15) is 17.5 Å². The van der Waals surface area contributed by atoms with Crippen LogP contribution < -0.4 is 9.64 Å². The number of para-hydroxylation sites is 2.